The zero-order valence-electron chi connectivity index (χ0n) is 12.1. The molecule has 0 spiro atoms. The Hall–Kier alpha value is -1.77. The highest BCUT2D eigenvalue weighted by Crippen LogP contribution is 2.26. The lowest BCUT2D eigenvalue weighted by Crippen LogP contribution is -2.42. The Morgan fingerprint density at radius 1 is 1.36 bits per heavy atom. The van der Waals surface area contributed by atoms with Gasteiger partial charge in [-0.25, -0.2) is 8.42 Å². The summed E-state index contributed by atoms with van der Waals surface area (Å²) in [5, 5.41) is 11.0. The Kier molecular flexibility index (Phi) is 4.94. The predicted molar refractivity (Wildman–Crippen MR) is 83.5 cm³/mol. The highest BCUT2D eigenvalue weighted by atomic mass is 32.2. The van der Waals surface area contributed by atoms with E-state index in [1.807, 2.05) is 0 Å². The fourth-order valence-electron chi connectivity index (χ4n) is 2.14. The molecule has 0 saturated heterocycles. The van der Waals surface area contributed by atoms with Crippen molar-refractivity contribution in [2.24, 2.45) is 0 Å². The molecule has 0 aliphatic heterocycles. The van der Waals surface area contributed by atoms with Crippen LogP contribution >= 0.6 is 11.3 Å². The molecule has 0 fully saturated rings. The number of hydrogen-bond donors (Lipinski definition) is 2. The van der Waals surface area contributed by atoms with Gasteiger partial charge in [-0.05, 0) is 48.9 Å². The molecule has 2 aromatic heterocycles. The van der Waals surface area contributed by atoms with E-state index in [1.54, 1.807) is 31.4 Å². The van der Waals surface area contributed by atoms with Crippen LogP contribution in [0.25, 0.3) is 0 Å². The summed E-state index contributed by atoms with van der Waals surface area (Å²) in [7, 11) is -3.88. The van der Waals surface area contributed by atoms with Gasteiger partial charge in [-0.3, -0.25) is 9.78 Å². The molecule has 1 unspecified atom stereocenters. The lowest BCUT2D eigenvalue weighted by Gasteiger charge is -2.15. The van der Waals surface area contributed by atoms with Crippen molar-refractivity contribution >= 4 is 27.3 Å². The Labute approximate surface area is 132 Å². The second kappa shape index (κ2) is 6.55. The number of aryl methyl sites for hydroxylation is 2. The van der Waals surface area contributed by atoms with Crippen molar-refractivity contribution in [1.82, 2.24) is 9.71 Å². The lowest BCUT2D eigenvalue weighted by atomic mass is 10.1. The molecule has 0 saturated carbocycles. The van der Waals surface area contributed by atoms with Gasteiger partial charge in [0.1, 0.15) is 6.04 Å². The first kappa shape index (κ1) is 16.6. The predicted octanol–water partition coefficient (Wildman–Crippen LogP) is 1.73. The van der Waals surface area contributed by atoms with E-state index in [2.05, 4.69) is 9.71 Å². The van der Waals surface area contributed by atoms with Crippen LogP contribution in [0.15, 0.2) is 34.8 Å². The van der Waals surface area contributed by atoms with Crippen molar-refractivity contribution in [2.45, 2.75) is 31.2 Å². The maximum absolute atomic E-state index is 12.5. The number of hydrogen-bond acceptors (Lipinski definition) is 5. The van der Waals surface area contributed by atoms with E-state index in [0.717, 1.165) is 0 Å². The van der Waals surface area contributed by atoms with Crippen LogP contribution in [0.3, 0.4) is 0 Å². The number of nitrogens with zero attached hydrogens (tertiary/aromatic N) is 1. The van der Waals surface area contributed by atoms with E-state index in [4.69, 9.17) is 0 Å². The quantitative estimate of drug-likeness (QED) is 0.835. The number of pyridine rings is 1. The van der Waals surface area contributed by atoms with E-state index < -0.39 is 22.0 Å². The fourth-order valence-corrected chi connectivity index (χ4v) is 4.97. The topological polar surface area (TPSA) is 96.4 Å². The molecule has 0 aromatic carbocycles. The first-order valence-electron chi connectivity index (χ1n) is 6.50. The number of thiophene rings is 1. The summed E-state index contributed by atoms with van der Waals surface area (Å²) in [6.45, 7) is 3.39. The Morgan fingerprint density at radius 3 is 2.50 bits per heavy atom. The molecule has 1 atom stereocenters. The van der Waals surface area contributed by atoms with Crippen LogP contribution in [0.1, 0.15) is 16.0 Å². The molecule has 2 rings (SSSR count). The number of carboxylic acid groups (broad SMARTS) is 1. The van der Waals surface area contributed by atoms with E-state index in [9.17, 15) is 18.3 Å². The largest absolute Gasteiger partial charge is 0.480 e. The number of aromatic nitrogens is 1. The van der Waals surface area contributed by atoms with Crippen molar-refractivity contribution in [3.63, 3.8) is 0 Å². The summed E-state index contributed by atoms with van der Waals surface area (Å²) in [6, 6.07) is 2.09. The molecule has 8 heteroatoms. The van der Waals surface area contributed by atoms with E-state index in [1.165, 1.54) is 23.7 Å². The number of nitrogens with one attached hydrogen (secondary N) is 1. The molecular weight excluding hydrogens is 324 g/mol. The van der Waals surface area contributed by atoms with E-state index in [0.29, 0.717) is 16.0 Å². The van der Waals surface area contributed by atoms with Gasteiger partial charge in [-0.15, -0.1) is 11.3 Å². The number of carboxylic acids is 1. The molecule has 0 aliphatic carbocycles. The summed E-state index contributed by atoms with van der Waals surface area (Å²) in [5.41, 5.74) is 1.31. The number of carbonyl (C=O) groups is 1. The van der Waals surface area contributed by atoms with Gasteiger partial charge in [-0.2, -0.15) is 4.72 Å². The number of sulfonamides is 1. The van der Waals surface area contributed by atoms with Gasteiger partial charge in [0.15, 0.2) is 0 Å². The van der Waals surface area contributed by atoms with Gasteiger partial charge in [0.25, 0.3) is 0 Å². The zero-order valence-corrected chi connectivity index (χ0v) is 13.7. The fraction of sp³-hybridized carbons (Fsp3) is 0.286. The van der Waals surface area contributed by atoms with Gasteiger partial charge < -0.3 is 5.11 Å². The molecule has 2 aromatic rings. The third-order valence-corrected chi connectivity index (χ3v) is 6.06. The van der Waals surface area contributed by atoms with Crippen molar-refractivity contribution in [2.75, 3.05) is 0 Å². The van der Waals surface area contributed by atoms with Crippen molar-refractivity contribution in [3.8, 4) is 0 Å². The van der Waals surface area contributed by atoms with E-state index in [-0.39, 0.29) is 11.3 Å². The van der Waals surface area contributed by atoms with Crippen LogP contribution in [-0.2, 0) is 21.2 Å². The smallest absolute Gasteiger partial charge is 0.322 e. The molecular formula is C14H16N2O4S2. The van der Waals surface area contributed by atoms with Crippen LogP contribution in [0.5, 0.6) is 0 Å². The van der Waals surface area contributed by atoms with Crippen LogP contribution < -0.4 is 4.72 Å². The second-order valence-corrected chi connectivity index (χ2v) is 7.61. The zero-order chi connectivity index (χ0) is 16.3. The molecule has 0 amide bonds. The van der Waals surface area contributed by atoms with Crippen LogP contribution in [0.2, 0.25) is 0 Å². The van der Waals surface area contributed by atoms with Gasteiger partial charge in [0.2, 0.25) is 10.0 Å². The highest BCUT2D eigenvalue weighted by Gasteiger charge is 2.28. The minimum Gasteiger partial charge on any atom is -0.480 e. The number of rotatable bonds is 6. The van der Waals surface area contributed by atoms with E-state index >= 15 is 0 Å². The minimum absolute atomic E-state index is 0.0549. The first-order valence-corrected chi connectivity index (χ1v) is 8.86. The summed E-state index contributed by atoms with van der Waals surface area (Å²) in [6.07, 6.45) is 3.13. The summed E-state index contributed by atoms with van der Waals surface area (Å²) >= 11 is 1.32. The maximum Gasteiger partial charge on any atom is 0.322 e. The lowest BCUT2D eigenvalue weighted by molar-refractivity contribution is -0.138. The summed E-state index contributed by atoms with van der Waals surface area (Å²) in [5.74, 6) is -1.22. The molecule has 2 N–H and O–H groups in total. The molecule has 0 aliphatic rings. The van der Waals surface area contributed by atoms with Gasteiger partial charge in [-0.1, -0.05) is 0 Å². The Balaban J connectivity index is 2.26. The average Bonchev–Trinajstić information content (AvgIpc) is 2.79. The maximum atomic E-state index is 12.5. The molecule has 118 valence electrons. The highest BCUT2D eigenvalue weighted by molar-refractivity contribution is 7.89. The first-order chi connectivity index (χ1) is 10.3. The number of aliphatic carboxylic acids is 1. The SMILES string of the molecule is Cc1csc(C)c1S(=O)(=O)NC(Cc1ccncc1)C(=O)O. The molecule has 0 bridgehead atoms. The van der Waals surface area contributed by atoms with Crippen LogP contribution in [0.4, 0.5) is 0 Å². The minimum atomic E-state index is -3.88. The third kappa shape index (κ3) is 3.70. The van der Waals surface area contributed by atoms with Crippen LogP contribution in [-0.4, -0.2) is 30.5 Å². The standard InChI is InChI=1S/C14H16N2O4S2/c1-9-8-21-10(2)13(9)22(19,20)16-12(14(17)18)7-11-3-5-15-6-4-11/h3-6,8,12,16H,7H2,1-2H3,(H,17,18). The van der Waals surface area contributed by atoms with Gasteiger partial charge in [0, 0.05) is 17.3 Å². The second-order valence-electron chi connectivity index (χ2n) is 4.88. The molecule has 0 radical (unpaired) electrons. The normalized spacial score (nSPS) is 13.0. The Bertz CT molecular complexity index is 750. The summed E-state index contributed by atoms with van der Waals surface area (Å²) < 4.78 is 27.2. The van der Waals surface area contributed by atoms with Gasteiger partial charge in [0.05, 0.1) is 4.90 Å². The molecule has 22 heavy (non-hydrogen) atoms. The monoisotopic (exact) mass is 340 g/mol. The van der Waals surface area contributed by atoms with Gasteiger partial charge >= 0.3 is 5.97 Å². The molecule has 6 nitrogen and oxygen atoms in total. The summed E-state index contributed by atoms with van der Waals surface area (Å²) in [4.78, 5) is 16.0. The van der Waals surface area contributed by atoms with Crippen LogP contribution in [0, 0.1) is 13.8 Å². The third-order valence-electron chi connectivity index (χ3n) is 3.14. The average molecular weight is 340 g/mol. The Morgan fingerprint density at radius 2 is 2.00 bits per heavy atom. The van der Waals surface area contributed by atoms with Crippen molar-refractivity contribution in [1.29, 1.82) is 0 Å². The van der Waals surface area contributed by atoms with Crippen molar-refractivity contribution < 1.29 is 18.3 Å². The van der Waals surface area contributed by atoms with Crippen molar-refractivity contribution in [3.05, 3.63) is 45.9 Å². The molecule has 2 heterocycles.